The van der Waals surface area contributed by atoms with Gasteiger partial charge >= 0.3 is 150 Å². The molecule has 4 rings (SSSR count). The molecule has 1 aliphatic rings. The van der Waals surface area contributed by atoms with Gasteiger partial charge in [-0.05, 0) is 0 Å². The Morgan fingerprint density at radius 1 is 1.17 bits per heavy atom. The molecule has 0 amide bonds. The number of aryl methyl sites for hydroxylation is 1. The predicted octanol–water partition coefficient (Wildman–Crippen LogP) is 3.50. The van der Waals surface area contributed by atoms with E-state index in [0.717, 1.165) is 21.9 Å². The fraction of sp³-hybridized carbons (Fsp3) is 0.389. The summed E-state index contributed by atoms with van der Waals surface area (Å²) in [4.78, 5) is 15.4. The molecule has 0 spiro atoms. The summed E-state index contributed by atoms with van der Waals surface area (Å²) in [5, 5.41) is 2.13. The van der Waals surface area contributed by atoms with Gasteiger partial charge in [0.2, 0.25) is 0 Å². The monoisotopic (exact) mass is 438 g/mol. The Morgan fingerprint density at radius 2 is 1.91 bits per heavy atom. The number of halogens is 1. The van der Waals surface area contributed by atoms with E-state index < -0.39 is 0 Å². The van der Waals surface area contributed by atoms with Gasteiger partial charge in [-0.2, -0.15) is 0 Å². The molecule has 3 nitrogen and oxygen atoms in total. The molecular formula is C18H19BrN2OSe. The first kappa shape index (κ1) is 15.6. The summed E-state index contributed by atoms with van der Waals surface area (Å²) in [6.07, 6.45) is 3.96. The van der Waals surface area contributed by atoms with Gasteiger partial charge in [0.15, 0.2) is 0 Å². The van der Waals surface area contributed by atoms with Crippen molar-refractivity contribution in [2.45, 2.75) is 25.8 Å². The van der Waals surface area contributed by atoms with Crippen LogP contribution in [0.15, 0.2) is 33.5 Å². The van der Waals surface area contributed by atoms with Crippen molar-refractivity contribution in [3.05, 3.63) is 43.5 Å². The Balaban J connectivity index is 1.91. The van der Waals surface area contributed by atoms with Crippen LogP contribution in [0.1, 0.15) is 23.7 Å². The van der Waals surface area contributed by atoms with E-state index in [1.807, 2.05) is 19.2 Å². The number of hydrogen-bond acceptors (Lipinski definition) is 2. The van der Waals surface area contributed by atoms with Gasteiger partial charge in [0.1, 0.15) is 0 Å². The Morgan fingerprint density at radius 3 is 2.70 bits per heavy atom. The van der Waals surface area contributed by atoms with Crippen LogP contribution in [0.25, 0.3) is 20.5 Å². The van der Waals surface area contributed by atoms with E-state index in [9.17, 15) is 4.79 Å². The molecule has 0 radical (unpaired) electrons. The predicted molar refractivity (Wildman–Crippen MR) is 100 cm³/mol. The van der Waals surface area contributed by atoms with Gasteiger partial charge in [0.05, 0.1) is 0 Å². The second kappa shape index (κ2) is 6.21. The standard InChI is InChI=1S/C18H19BrN2OSe/c1-20-13-8-4-3-7-12(13)17-15(18(20)22)16(19)14(23-17)11-21-9-5-2-6-10-21/h3-4,7-8H,2,5-6,9-11H2,1H3. The number of hydrogen-bond donors (Lipinski definition) is 0. The minimum absolute atomic E-state index is 0.126. The van der Waals surface area contributed by atoms with Crippen molar-refractivity contribution < 1.29 is 0 Å². The van der Waals surface area contributed by atoms with Crippen molar-refractivity contribution in [1.29, 1.82) is 0 Å². The van der Waals surface area contributed by atoms with E-state index in [0.29, 0.717) is 0 Å². The van der Waals surface area contributed by atoms with E-state index >= 15 is 0 Å². The molecule has 0 atom stereocenters. The molecule has 23 heavy (non-hydrogen) atoms. The Labute approximate surface area is 149 Å². The van der Waals surface area contributed by atoms with Crippen LogP contribution in [0, 0.1) is 0 Å². The van der Waals surface area contributed by atoms with Crippen LogP contribution in [0.2, 0.25) is 0 Å². The molecule has 0 saturated carbocycles. The van der Waals surface area contributed by atoms with Crippen molar-refractivity contribution in [3.63, 3.8) is 0 Å². The van der Waals surface area contributed by atoms with Gasteiger partial charge in [-0.1, -0.05) is 0 Å². The average Bonchev–Trinajstić information content (AvgIpc) is 2.91. The van der Waals surface area contributed by atoms with E-state index in [1.165, 1.54) is 46.4 Å². The molecule has 1 saturated heterocycles. The maximum absolute atomic E-state index is 12.8. The maximum atomic E-state index is 12.8. The fourth-order valence-corrected chi connectivity index (χ4v) is 7.35. The van der Waals surface area contributed by atoms with Crippen LogP contribution in [-0.2, 0) is 13.6 Å². The van der Waals surface area contributed by atoms with Crippen LogP contribution < -0.4 is 5.56 Å². The molecule has 0 unspecified atom stereocenters. The molecule has 5 heteroatoms. The molecule has 0 bridgehead atoms. The number of para-hydroxylation sites is 1. The van der Waals surface area contributed by atoms with Crippen molar-refractivity contribution in [3.8, 4) is 0 Å². The number of benzene rings is 1. The van der Waals surface area contributed by atoms with Gasteiger partial charge < -0.3 is 0 Å². The average molecular weight is 438 g/mol. The van der Waals surface area contributed by atoms with Crippen LogP contribution in [-0.4, -0.2) is 37.1 Å². The number of aromatic nitrogens is 1. The van der Waals surface area contributed by atoms with Gasteiger partial charge in [-0.3, -0.25) is 0 Å². The molecule has 0 aliphatic carbocycles. The number of nitrogens with zero attached hydrogens (tertiary/aromatic N) is 2. The number of piperidine rings is 1. The van der Waals surface area contributed by atoms with Gasteiger partial charge in [0.25, 0.3) is 0 Å². The van der Waals surface area contributed by atoms with E-state index in [-0.39, 0.29) is 20.1 Å². The quantitative estimate of drug-likeness (QED) is 0.573. The number of pyridine rings is 1. The first-order chi connectivity index (χ1) is 11.2. The van der Waals surface area contributed by atoms with Crippen LogP contribution >= 0.6 is 15.9 Å². The summed E-state index contributed by atoms with van der Waals surface area (Å²) in [5.41, 5.74) is 1.17. The second-order valence-corrected chi connectivity index (χ2v) is 9.37. The van der Waals surface area contributed by atoms with Crippen molar-refractivity contribution in [1.82, 2.24) is 9.47 Å². The van der Waals surface area contributed by atoms with Crippen LogP contribution in [0.5, 0.6) is 0 Å². The van der Waals surface area contributed by atoms with Crippen molar-refractivity contribution in [2.24, 2.45) is 7.05 Å². The Hall–Kier alpha value is -0.871. The minimum atomic E-state index is 0.126. The summed E-state index contributed by atoms with van der Waals surface area (Å²) in [6.45, 7) is 3.39. The molecular weight excluding hydrogens is 419 g/mol. The van der Waals surface area contributed by atoms with Gasteiger partial charge in [0, 0.05) is 0 Å². The third-order valence-electron chi connectivity index (χ3n) is 4.76. The summed E-state index contributed by atoms with van der Waals surface area (Å²) in [7, 11) is 1.88. The zero-order valence-corrected chi connectivity index (χ0v) is 16.4. The molecule has 0 N–H and O–H groups in total. The Bertz CT molecular complexity index is 937. The fourth-order valence-electron chi connectivity index (χ4n) is 3.50. The normalized spacial score (nSPS) is 16.4. The molecule has 1 aliphatic heterocycles. The van der Waals surface area contributed by atoms with Gasteiger partial charge in [-0.15, -0.1) is 0 Å². The first-order valence-electron chi connectivity index (χ1n) is 8.08. The summed E-state index contributed by atoms with van der Waals surface area (Å²) in [6, 6.07) is 8.27. The number of rotatable bonds is 2. The summed E-state index contributed by atoms with van der Waals surface area (Å²) >= 11 is 3.99. The van der Waals surface area contributed by atoms with Crippen LogP contribution in [0.3, 0.4) is 0 Å². The number of likely N-dealkylation sites (tertiary alicyclic amines) is 1. The molecule has 3 aromatic rings. The second-order valence-electron chi connectivity index (χ2n) is 6.26. The Kier molecular flexibility index (Phi) is 4.22. The topological polar surface area (TPSA) is 25.2 Å². The van der Waals surface area contributed by atoms with Gasteiger partial charge in [-0.25, -0.2) is 0 Å². The van der Waals surface area contributed by atoms with E-state index in [1.54, 1.807) is 4.57 Å². The first-order valence-corrected chi connectivity index (χ1v) is 10.6. The van der Waals surface area contributed by atoms with E-state index in [4.69, 9.17) is 0 Å². The third-order valence-corrected chi connectivity index (χ3v) is 8.76. The molecule has 2 aromatic heterocycles. The molecule has 1 aromatic carbocycles. The third kappa shape index (κ3) is 2.64. The molecule has 3 heterocycles. The van der Waals surface area contributed by atoms with Crippen molar-refractivity contribution in [2.75, 3.05) is 13.1 Å². The number of fused-ring (bicyclic) bond motifs is 3. The summed E-state index contributed by atoms with van der Waals surface area (Å²) < 4.78 is 5.53. The molecule has 1 fully saturated rings. The zero-order valence-electron chi connectivity index (χ0n) is 13.1. The SMILES string of the molecule is Cn1c(=O)c2c(Br)c(CN3CCCCC3)[se]c2c2ccccc21. The van der Waals surface area contributed by atoms with Crippen molar-refractivity contribution >= 4 is 51.0 Å². The van der Waals surface area contributed by atoms with Crippen LogP contribution in [0.4, 0.5) is 0 Å². The molecule has 120 valence electrons. The zero-order chi connectivity index (χ0) is 16.0. The summed E-state index contributed by atoms with van der Waals surface area (Å²) in [5.74, 6) is 0. The van der Waals surface area contributed by atoms with E-state index in [2.05, 4.69) is 33.0 Å².